The number of carbonyl (C=O) groups is 1. The largest absolute Gasteiger partial charge is 0.469 e. The molecule has 1 aromatic carbocycles. The van der Waals surface area contributed by atoms with Crippen LogP contribution in [0.1, 0.15) is 25.5 Å². The van der Waals surface area contributed by atoms with E-state index < -0.39 is 23.3 Å². The highest BCUT2D eigenvalue weighted by molar-refractivity contribution is 5.76. The fraction of sp³-hybridized carbons (Fsp3) is 0.417. The van der Waals surface area contributed by atoms with Crippen molar-refractivity contribution < 1.29 is 19.0 Å². The van der Waals surface area contributed by atoms with E-state index in [0.29, 0.717) is 5.56 Å². The molecule has 0 fully saturated rings. The zero-order valence-corrected chi connectivity index (χ0v) is 9.53. The van der Waals surface area contributed by atoms with Gasteiger partial charge in [-0.3, -0.25) is 4.79 Å². The highest BCUT2D eigenvalue weighted by Gasteiger charge is 2.37. The summed E-state index contributed by atoms with van der Waals surface area (Å²) in [4.78, 5) is 11.5. The molecule has 1 atom stereocenters. The molecule has 0 amide bonds. The maximum Gasteiger partial charge on any atom is 0.314 e. The number of methoxy groups -OCH3 is 1. The van der Waals surface area contributed by atoms with Gasteiger partial charge in [-0.2, -0.15) is 0 Å². The Balaban J connectivity index is 3.01. The Morgan fingerprint density at radius 2 is 2.12 bits per heavy atom. The minimum Gasteiger partial charge on any atom is -0.469 e. The number of benzene rings is 1. The normalized spacial score (nSPS) is 13.3. The van der Waals surface area contributed by atoms with Crippen LogP contribution < -0.4 is 0 Å². The van der Waals surface area contributed by atoms with Crippen LogP contribution in [-0.4, -0.2) is 18.2 Å². The van der Waals surface area contributed by atoms with Gasteiger partial charge in [-0.05, 0) is 31.5 Å². The summed E-state index contributed by atoms with van der Waals surface area (Å²) in [5.41, 5.74) is -0.752. The lowest BCUT2D eigenvalue weighted by Gasteiger charge is -2.27. The van der Waals surface area contributed by atoms with Gasteiger partial charge in [0.15, 0.2) is 0 Å². The van der Waals surface area contributed by atoms with Gasteiger partial charge in [0.05, 0.1) is 18.6 Å². The molecule has 0 saturated carbocycles. The van der Waals surface area contributed by atoms with E-state index in [4.69, 9.17) is 0 Å². The van der Waals surface area contributed by atoms with Crippen LogP contribution in [0.15, 0.2) is 24.3 Å². The summed E-state index contributed by atoms with van der Waals surface area (Å²) in [5, 5.41) is 10.0. The molecule has 16 heavy (non-hydrogen) atoms. The second-order valence-electron chi connectivity index (χ2n) is 4.17. The fourth-order valence-corrected chi connectivity index (χ4v) is 1.47. The zero-order chi connectivity index (χ0) is 12.3. The molecule has 0 heterocycles. The number of rotatable bonds is 3. The van der Waals surface area contributed by atoms with Crippen molar-refractivity contribution in [2.75, 3.05) is 7.11 Å². The van der Waals surface area contributed by atoms with Crippen LogP contribution in [0.25, 0.3) is 0 Å². The smallest absolute Gasteiger partial charge is 0.314 e. The molecule has 0 aromatic heterocycles. The third-order valence-corrected chi connectivity index (χ3v) is 2.56. The summed E-state index contributed by atoms with van der Waals surface area (Å²) >= 11 is 0. The molecule has 0 aliphatic heterocycles. The van der Waals surface area contributed by atoms with Gasteiger partial charge in [0.2, 0.25) is 0 Å². The number of aliphatic hydroxyl groups excluding tert-OH is 1. The summed E-state index contributed by atoms with van der Waals surface area (Å²) in [7, 11) is 1.25. The summed E-state index contributed by atoms with van der Waals surface area (Å²) in [6.45, 7) is 3.10. The lowest BCUT2D eigenvalue weighted by atomic mass is 9.83. The first-order chi connectivity index (χ1) is 7.39. The van der Waals surface area contributed by atoms with E-state index in [9.17, 15) is 14.3 Å². The number of esters is 1. The van der Waals surface area contributed by atoms with E-state index in [0.717, 1.165) is 0 Å². The third-order valence-electron chi connectivity index (χ3n) is 2.56. The molecule has 1 aromatic rings. The minimum atomic E-state index is -1.11. The van der Waals surface area contributed by atoms with Crippen molar-refractivity contribution in [1.82, 2.24) is 0 Å². The van der Waals surface area contributed by atoms with Gasteiger partial charge in [-0.1, -0.05) is 12.1 Å². The Labute approximate surface area is 93.9 Å². The van der Waals surface area contributed by atoms with Crippen molar-refractivity contribution in [2.45, 2.75) is 20.0 Å². The number of hydrogen-bond donors (Lipinski definition) is 1. The van der Waals surface area contributed by atoms with Crippen LogP contribution >= 0.6 is 0 Å². The molecule has 1 rings (SSSR count). The van der Waals surface area contributed by atoms with E-state index in [1.807, 2.05) is 0 Å². The van der Waals surface area contributed by atoms with Crippen LogP contribution in [-0.2, 0) is 9.53 Å². The topological polar surface area (TPSA) is 46.5 Å². The van der Waals surface area contributed by atoms with E-state index in [-0.39, 0.29) is 0 Å². The van der Waals surface area contributed by atoms with Crippen molar-refractivity contribution in [3.63, 3.8) is 0 Å². The Hall–Kier alpha value is -1.42. The van der Waals surface area contributed by atoms with Crippen LogP contribution in [0, 0.1) is 11.2 Å². The monoisotopic (exact) mass is 226 g/mol. The summed E-state index contributed by atoms with van der Waals surface area (Å²) < 4.78 is 17.6. The quantitative estimate of drug-likeness (QED) is 0.802. The van der Waals surface area contributed by atoms with Crippen LogP contribution in [0.4, 0.5) is 4.39 Å². The molecular formula is C12H15FO3. The fourth-order valence-electron chi connectivity index (χ4n) is 1.47. The first-order valence-corrected chi connectivity index (χ1v) is 4.91. The summed E-state index contributed by atoms with van der Waals surface area (Å²) in [5.74, 6) is -0.985. The number of halogens is 1. The Morgan fingerprint density at radius 3 is 2.62 bits per heavy atom. The van der Waals surface area contributed by atoms with E-state index in [2.05, 4.69) is 4.74 Å². The van der Waals surface area contributed by atoms with Crippen LogP contribution in [0.5, 0.6) is 0 Å². The molecular weight excluding hydrogens is 211 g/mol. The molecule has 4 heteroatoms. The van der Waals surface area contributed by atoms with E-state index in [1.165, 1.54) is 25.3 Å². The maximum atomic E-state index is 13.0. The summed E-state index contributed by atoms with van der Waals surface area (Å²) in [6, 6.07) is 5.54. The second-order valence-corrected chi connectivity index (χ2v) is 4.17. The van der Waals surface area contributed by atoms with Gasteiger partial charge in [0, 0.05) is 0 Å². The average Bonchev–Trinajstić information content (AvgIpc) is 2.26. The molecule has 0 aliphatic carbocycles. The Morgan fingerprint density at radius 1 is 1.50 bits per heavy atom. The predicted octanol–water partition coefficient (Wildman–Crippen LogP) is 2.06. The highest BCUT2D eigenvalue weighted by atomic mass is 19.1. The molecule has 0 radical (unpaired) electrons. The number of aliphatic hydroxyl groups is 1. The molecule has 0 saturated heterocycles. The third kappa shape index (κ3) is 2.39. The average molecular weight is 226 g/mol. The Bertz CT molecular complexity index is 388. The minimum absolute atomic E-state index is 0.357. The highest BCUT2D eigenvalue weighted by Crippen LogP contribution is 2.34. The van der Waals surface area contributed by atoms with Crippen molar-refractivity contribution in [3.05, 3.63) is 35.6 Å². The molecule has 0 bridgehead atoms. The van der Waals surface area contributed by atoms with E-state index in [1.54, 1.807) is 19.9 Å². The molecule has 1 unspecified atom stereocenters. The van der Waals surface area contributed by atoms with Gasteiger partial charge in [-0.25, -0.2) is 4.39 Å². The molecule has 0 aliphatic rings. The summed E-state index contributed by atoms with van der Waals surface area (Å²) in [6.07, 6.45) is -1.10. The predicted molar refractivity (Wildman–Crippen MR) is 57.2 cm³/mol. The first-order valence-electron chi connectivity index (χ1n) is 4.91. The lowest BCUT2D eigenvalue weighted by molar-refractivity contribution is -0.157. The molecule has 88 valence electrons. The van der Waals surface area contributed by atoms with E-state index >= 15 is 0 Å². The maximum absolute atomic E-state index is 13.0. The molecule has 3 nitrogen and oxygen atoms in total. The van der Waals surface area contributed by atoms with Crippen molar-refractivity contribution >= 4 is 5.97 Å². The number of carbonyl (C=O) groups excluding carboxylic acids is 1. The van der Waals surface area contributed by atoms with Crippen molar-refractivity contribution in [3.8, 4) is 0 Å². The van der Waals surface area contributed by atoms with Gasteiger partial charge < -0.3 is 9.84 Å². The number of ether oxygens (including phenoxy) is 1. The van der Waals surface area contributed by atoms with Crippen molar-refractivity contribution in [1.29, 1.82) is 0 Å². The SMILES string of the molecule is COC(=O)C(C)(C)C(O)c1cccc(F)c1. The molecule has 1 N–H and O–H groups in total. The lowest BCUT2D eigenvalue weighted by Crippen LogP contribution is -2.32. The second kappa shape index (κ2) is 4.61. The molecule has 0 spiro atoms. The van der Waals surface area contributed by atoms with Crippen LogP contribution in [0.3, 0.4) is 0 Å². The van der Waals surface area contributed by atoms with Gasteiger partial charge in [0.25, 0.3) is 0 Å². The Kier molecular flexibility index (Phi) is 3.65. The number of hydrogen-bond acceptors (Lipinski definition) is 3. The first kappa shape index (κ1) is 12.6. The van der Waals surface area contributed by atoms with Crippen molar-refractivity contribution in [2.24, 2.45) is 5.41 Å². The van der Waals surface area contributed by atoms with Gasteiger partial charge in [-0.15, -0.1) is 0 Å². The zero-order valence-electron chi connectivity index (χ0n) is 9.53. The standard InChI is InChI=1S/C12H15FO3/c1-12(2,11(15)16-3)10(14)8-5-4-6-9(13)7-8/h4-7,10,14H,1-3H3. The van der Waals surface area contributed by atoms with Crippen LogP contribution in [0.2, 0.25) is 0 Å². The van der Waals surface area contributed by atoms with Gasteiger partial charge >= 0.3 is 5.97 Å². The van der Waals surface area contributed by atoms with Gasteiger partial charge in [0.1, 0.15) is 5.82 Å².